The number of nitrogens with two attached hydrogens (primary N) is 1. The van der Waals surface area contributed by atoms with E-state index >= 15 is 0 Å². The van der Waals surface area contributed by atoms with Crippen LogP contribution >= 0.6 is 12.4 Å². The molecule has 1 aliphatic heterocycles. The van der Waals surface area contributed by atoms with Crippen LogP contribution in [0, 0.1) is 17.8 Å². The molecule has 6 heteroatoms. The fraction of sp³-hybridized carbons (Fsp3) is 0.882. The Morgan fingerprint density at radius 3 is 2.22 bits per heavy atom. The van der Waals surface area contributed by atoms with Gasteiger partial charge in [-0.05, 0) is 44.4 Å². The Bertz CT molecular complexity index is 422. The van der Waals surface area contributed by atoms with Crippen molar-refractivity contribution in [2.45, 2.75) is 57.4 Å². The molecule has 132 valence electrons. The lowest BCUT2D eigenvalue weighted by molar-refractivity contribution is -0.142. The quantitative estimate of drug-likeness (QED) is 0.797. The minimum atomic E-state index is -0.145. The van der Waals surface area contributed by atoms with Crippen molar-refractivity contribution in [3.05, 3.63) is 0 Å². The van der Waals surface area contributed by atoms with E-state index in [2.05, 4.69) is 5.32 Å². The maximum Gasteiger partial charge on any atom is 0.226 e. The van der Waals surface area contributed by atoms with Gasteiger partial charge in [0.05, 0.1) is 0 Å². The zero-order valence-corrected chi connectivity index (χ0v) is 14.7. The van der Waals surface area contributed by atoms with Crippen molar-refractivity contribution in [1.82, 2.24) is 10.2 Å². The molecule has 23 heavy (non-hydrogen) atoms. The Morgan fingerprint density at radius 2 is 1.61 bits per heavy atom. The zero-order chi connectivity index (χ0) is 15.5. The van der Waals surface area contributed by atoms with Gasteiger partial charge in [0, 0.05) is 37.5 Å². The van der Waals surface area contributed by atoms with Gasteiger partial charge in [0.15, 0.2) is 0 Å². The number of amides is 2. The van der Waals surface area contributed by atoms with E-state index in [0.29, 0.717) is 12.5 Å². The van der Waals surface area contributed by atoms with Crippen LogP contribution in [0.5, 0.6) is 0 Å². The zero-order valence-electron chi connectivity index (χ0n) is 13.8. The van der Waals surface area contributed by atoms with E-state index in [0.717, 1.165) is 51.6 Å². The molecule has 3 rings (SSSR count). The van der Waals surface area contributed by atoms with Crippen LogP contribution in [0.2, 0.25) is 0 Å². The fourth-order valence-corrected chi connectivity index (χ4v) is 3.95. The van der Waals surface area contributed by atoms with Crippen LogP contribution < -0.4 is 11.1 Å². The number of nitrogens with one attached hydrogen (secondary N) is 1. The molecule has 1 heterocycles. The number of carbonyl (C=O) groups excluding carboxylic acids is 2. The van der Waals surface area contributed by atoms with E-state index in [9.17, 15) is 9.59 Å². The van der Waals surface area contributed by atoms with Crippen molar-refractivity contribution >= 4 is 24.2 Å². The van der Waals surface area contributed by atoms with E-state index < -0.39 is 0 Å². The summed E-state index contributed by atoms with van der Waals surface area (Å²) in [6.45, 7) is 2.30. The lowest BCUT2D eigenvalue weighted by atomic mass is 9.77. The highest BCUT2D eigenvalue weighted by Crippen LogP contribution is 2.33. The van der Waals surface area contributed by atoms with Gasteiger partial charge in [0.25, 0.3) is 0 Å². The third-order valence-corrected chi connectivity index (χ3v) is 5.58. The van der Waals surface area contributed by atoms with E-state index in [1.54, 1.807) is 0 Å². The SMILES string of the molecule is Cl.NC(CNC(=O)C1CCCCC1C(=O)N1CCCC1)C1CC1. The number of hydrogen-bond acceptors (Lipinski definition) is 3. The van der Waals surface area contributed by atoms with Crippen molar-refractivity contribution in [3.8, 4) is 0 Å². The molecule has 0 spiro atoms. The van der Waals surface area contributed by atoms with Crippen molar-refractivity contribution in [2.75, 3.05) is 19.6 Å². The number of hydrogen-bond donors (Lipinski definition) is 2. The molecule has 5 nitrogen and oxygen atoms in total. The first-order valence-electron chi connectivity index (χ1n) is 8.99. The highest BCUT2D eigenvalue weighted by atomic mass is 35.5. The molecule has 2 saturated carbocycles. The molecule has 1 saturated heterocycles. The molecule has 0 aromatic carbocycles. The van der Waals surface area contributed by atoms with E-state index in [4.69, 9.17) is 5.73 Å². The van der Waals surface area contributed by atoms with Crippen LogP contribution in [0.4, 0.5) is 0 Å². The van der Waals surface area contributed by atoms with Crippen LogP contribution in [0.3, 0.4) is 0 Å². The van der Waals surface area contributed by atoms with Crippen molar-refractivity contribution < 1.29 is 9.59 Å². The van der Waals surface area contributed by atoms with E-state index in [1.807, 2.05) is 4.90 Å². The van der Waals surface area contributed by atoms with E-state index in [1.165, 1.54) is 12.8 Å². The summed E-state index contributed by atoms with van der Waals surface area (Å²) in [5.74, 6) is 0.600. The molecular formula is C17H30ClN3O2. The van der Waals surface area contributed by atoms with Gasteiger partial charge in [0.1, 0.15) is 0 Å². The molecule has 3 fully saturated rings. The van der Waals surface area contributed by atoms with E-state index in [-0.39, 0.29) is 42.1 Å². The Hall–Kier alpha value is -0.810. The number of rotatable bonds is 5. The predicted molar refractivity (Wildman–Crippen MR) is 92.2 cm³/mol. The summed E-state index contributed by atoms with van der Waals surface area (Å²) >= 11 is 0. The molecule has 0 aromatic heterocycles. The maximum absolute atomic E-state index is 12.7. The highest BCUT2D eigenvalue weighted by Gasteiger charge is 2.38. The predicted octanol–water partition coefficient (Wildman–Crippen LogP) is 1.69. The number of carbonyl (C=O) groups is 2. The maximum atomic E-state index is 12.7. The number of nitrogens with zero attached hydrogens (tertiary/aromatic N) is 1. The minimum Gasteiger partial charge on any atom is -0.354 e. The van der Waals surface area contributed by atoms with Crippen LogP contribution in [-0.4, -0.2) is 42.4 Å². The summed E-state index contributed by atoms with van der Waals surface area (Å²) in [7, 11) is 0. The first-order chi connectivity index (χ1) is 10.7. The molecule has 3 aliphatic rings. The average Bonchev–Trinajstić information content (AvgIpc) is 3.26. The molecule has 0 aromatic rings. The molecule has 0 radical (unpaired) electrons. The summed E-state index contributed by atoms with van der Waals surface area (Å²) in [5, 5.41) is 3.01. The Morgan fingerprint density at radius 1 is 1.00 bits per heavy atom. The molecule has 3 N–H and O–H groups in total. The largest absolute Gasteiger partial charge is 0.354 e. The van der Waals surface area contributed by atoms with Gasteiger partial charge in [-0.3, -0.25) is 9.59 Å². The van der Waals surface area contributed by atoms with Gasteiger partial charge >= 0.3 is 0 Å². The number of halogens is 1. The second-order valence-electron chi connectivity index (χ2n) is 7.28. The molecule has 3 unspecified atom stereocenters. The van der Waals surface area contributed by atoms with Crippen molar-refractivity contribution in [1.29, 1.82) is 0 Å². The first-order valence-corrected chi connectivity index (χ1v) is 8.99. The number of likely N-dealkylation sites (tertiary alicyclic amines) is 1. The normalized spacial score (nSPS) is 28.8. The average molecular weight is 344 g/mol. The lowest BCUT2D eigenvalue weighted by Crippen LogP contribution is -2.47. The van der Waals surface area contributed by atoms with Gasteiger partial charge < -0.3 is 16.0 Å². The standard InChI is InChI=1S/C17H29N3O2.ClH/c18-15(12-7-8-12)11-19-16(21)13-5-1-2-6-14(13)17(22)20-9-3-4-10-20;/h12-15H,1-11,18H2,(H,19,21);1H. The van der Waals surface area contributed by atoms with Crippen LogP contribution in [0.25, 0.3) is 0 Å². The van der Waals surface area contributed by atoms with Crippen LogP contribution in [0.1, 0.15) is 51.4 Å². The third-order valence-electron chi connectivity index (χ3n) is 5.58. The fourth-order valence-electron chi connectivity index (χ4n) is 3.95. The summed E-state index contributed by atoms with van der Waals surface area (Å²) in [4.78, 5) is 27.2. The van der Waals surface area contributed by atoms with Gasteiger partial charge in [-0.25, -0.2) is 0 Å². The minimum absolute atomic E-state index is 0. The molecule has 2 amide bonds. The molecule has 2 aliphatic carbocycles. The molecule has 0 bridgehead atoms. The van der Waals surface area contributed by atoms with Gasteiger partial charge in [-0.2, -0.15) is 0 Å². The third kappa shape index (κ3) is 4.60. The van der Waals surface area contributed by atoms with Gasteiger partial charge in [0.2, 0.25) is 11.8 Å². The van der Waals surface area contributed by atoms with Crippen molar-refractivity contribution in [2.24, 2.45) is 23.5 Å². The Balaban J connectivity index is 0.00000192. The summed E-state index contributed by atoms with van der Waals surface area (Å²) in [5.41, 5.74) is 6.06. The van der Waals surface area contributed by atoms with Crippen molar-refractivity contribution in [3.63, 3.8) is 0 Å². The molecule has 3 atom stereocenters. The highest BCUT2D eigenvalue weighted by molar-refractivity contribution is 5.88. The Kier molecular flexibility index (Phi) is 6.72. The van der Waals surface area contributed by atoms with Gasteiger partial charge in [-0.15, -0.1) is 12.4 Å². The lowest BCUT2D eigenvalue weighted by Gasteiger charge is -2.32. The van der Waals surface area contributed by atoms with Crippen LogP contribution in [-0.2, 0) is 9.59 Å². The smallest absolute Gasteiger partial charge is 0.226 e. The summed E-state index contributed by atoms with van der Waals surface area (Å²) in [6.07, 6.45) is 8.41. The summed E-state index contributed by atoms with van der Waals surface area (Å²) in [6, 6.07) is 0.0836. The van der Waals surface area contributed by atoms with Gasteiger partial charge in [-0.1, -0.05) is 12.8 Å². The molecular weight excluding hydrogens is 314 g/mol. The second kappa shape index (κ2) is 8.34. The Labute approximate surface area is 145 Å². The monoisotopic (exact) mass is 343 g/mol. The van der Waals surface area contributed by atoms with Crippen LogP contribution in [0.15, 0.2) is 0 Å². The second-order valence-corrected chi connectivity index (χ2v) is 7.28. The first kappa shape index (κ1) is 18.5. The summed E-state index contributed by atoms with van der Waals surface area (Å²) < 4.78 is 0. The topological polar surface area (TPSA) is 75.4 Å².